The molecule has 1 unspecified atom stereocenters. The minimum absolute atomic E-state index is 0.301. The molecular formula is C48H32N2OS. The highest BCUT2D eigenvalue weighted by Gasteiger charge is 2.29. The summed E-state index contributed by atoms with van der Waals surface area (Å²) in [6.07, 6.45) is 6.42. The Morgan fingerprint density at radius 1 is 0.596 bits per heavy atom. The Morgan fingerprint density at radius 3 is 2.19 bits per heavy atom. The Hall–Kier alpha value is -6.23. The number of nitrogens with one attached hydrogen (secondary N) is 1. The van der Waals surface area contributed by atoms with Crippen molar-refractivity contribution in [1.82, 2.24) is 0 Å². The molecule has 0 radical (unpaired) electrons. The maximum atomic E-state index is 6.61. The van der Waals surface area contributed by atoms with Crippen LogP contribution in [0.4, 0.5) is 5.69 Å². The molecule has 1 N–H and O–H groups in total. The van der Waals surface area contributed by atoms with E-state index in [0.29, 0.717) is 0 Å². The van der Waals surface area contributed by atoms with Crippen molar-refractivity contribution >= 4 is 71.6 Å². The van der Waals surface area contributed by atoms with Gasteiger partial charge in [-0.2, -0.15) is 0 Å². The van der Waals surface area contributed by atoms with E-state index in [4.69, 9.17) is 9.41 Å². The number of anilines is 1. The number of rotatable bonds is 4. The van der Waals surface area contributed by atoms with Crippen LogP contribution in [0.5, 0.6) is 0 Å². The number of aryl methyl sites for hydroxylation is 1. The van der Waals surface area contributed by atoms with E-state index in [-0.39, 0.29) is 6.17 Å². The van der Waals surface area contributed by atoms with Gasteiger partial charge in [0.2, 0.25) is 0 Å². The fourth-order valence-corrected chi connectivity index (χ4v) is 9.35. The van der Waals surface area contributed by atoms with Gasteiger partial charge in [-0.25, -0.2) is 0 Å². The van der Waals surface area contributed by atoms with Crippen LogP contribution in [0.15, 0.2) is 161 Å². The zero-order valence-corrected chi connectivity index (χ0v) is 29.1. The Labute approximate surface area is 305 Å². The lowest BCUT2D eigenvalue weighted by molar-refractivity contribution is 0.672. The number of allylic oxidation sites excluding steroid dienone is 1. The lowest BCUT2D eigenvalue weighted by atomic mass is 9.92. The summed E-state index contributed by atoms with van der Waals surface area (Å²) in [6.45, 7) is 0. The highest BCUT2D eigenvalue weighted by molar-refractivity contribution is 7.22. The standard InChI is InChI=1S/C48H32N2OS/c1-2-10-29(11-3-1)35-24-25-42-39(27-35)40-28-41(36-14-6-7-15-37(36)46(40)51-42)48-49-44(47-45(50-48)38-16-8-9-17-43(38)52-47)32-21-18-31(19-22-32)34-23-20-30-12-4-5-13-33(30)26-34/h1-4,6-12,14-28,48,50H,5,13H2. The molecule has 0 fully saturated rings. The van der Waals surface area contributed by atoms with Crippen molar-refractivity contribution in [3.05, 3.63) is 179 Å². The van der Waals surface area contributed by atoms with Crippen LogP contribution < -0.4 is 5.32 Å². The first-order chi connectivity index (χ1) is 25.7. The van der Waals surface area contributed by atoms with E-state index in [1.807, 2.05) is 11.3 Å². The fourth-order valence-electron chi connectivity index (χ4n) is 8.16. The van der Waals surface area contributed by atoms with Crippen molar-refractivity contribution in [1.29, 1.82) is 0 Å². The average Bonchev–Trinajstić information content (AvgIpc) is 3.79. The zero-order chi connectivity index (χ0) is 34.2. The number of fused-ring (bicyclic) bond motifs is 9. The maximum Gasteiger partial charge on any atom is 0.146 e. The molecule has 9 aromatic rings. The van der Waals surface area contributed by atoms with Crippen LogP contribution in [0.1, 0.15) is 39.7 Å². The van der Waals surface area contributed by atoms with E-state index < -0.39 is 0 Å². The molecule has 11 rings (SSSR count). The van der Waals surface area contributed by atoms with Gasteiger partial charge in [0.1, 0.15) is 17.3 Å². The van der Waals surface area contributed by atoms with Gasteiger partial charge in [0.15, 0.2) is 0 Å². The lowest BCUT2D eigenvalue weighted by Crippen LogP contribution is -2.19. The molecular weight excluding hydrogens is 653 g/mol. The van der Waals surface area contributed by atoms with Crippen molar-refractivity contribution < 1.29 is 4.42 Å². The molecule has 1 aliphatic heterocycles. The summed E-state index contributed by atoms with van der Waals surface area (Å²) >= 11 is 1.81. The summed E-state index contributed by atoms with van der Waals surface area (Å²) < 4.78 is 7.86. The molecule has 1 aliphatic carbocycles. The van der Waals surface area contributed by atoms with Gasteiger partial charge < -0.3 is 9.73 Å². The van der Waals surface area contributed by atoms with Crippen molar-refractivity contribution in [2.75, 3.05) is 5.32 Å². The monoisotopic (exact) mass is 684 g/mol. The number of furan rings is 1. The number of benzene rings is 7. The summed E-state index contributed by atoms with van der Waals surface area (Å²) in [5, 5.41) is 9.60. The van der Waals surface area contributed by atoms with Crippen molar-refractivity contribution in [2.45, 2.75) is 19.0 Å². The predicted octanol–water partition coefficient (Wildman–Crippen LogP) is 13.2. The summed E-state index contributed by atoms with van der Waals surface area (Å²) in [4.78, 5) is 6.76. The van der Waals surface area contributed by atoms with E-state index in [1.165, 1.54) is 48.3 Å². The molecule has 4 heteroatoms. The third-order valence-electron chi connectivity index (χ3n) is 10.8. The van der Waals surface area contributed by atoms with E-state index >= 15 is 0 Å². The second-order valence-corrected chi connectivity index (χ2v) is 14.9. The molecule has 7 aromatic carbocycles. The van der Waals surface area contributed by atoms with E-state index in [1.54, 1.807) is 0 Å². The third kappa shape index (κ3) is 4.68. The van der Waals surface area contributed by atoms with Gasteiger partial charge in [0.05, 0.1) is 16.3 Å². The summed E-state index contributed by atoms with van der Waals surface area (Å²) in [5.74, 6) is 0. The van der Waals surface area contributed by atoms with Crippen LogP contribution in [-0.2, 0) is 6.42 Å². The molecule has 246 valence electrons. The van der Waals surface area contributed by atoms with Crippen LogP contribution in [0.2, 0.25) is 0 Å². The van der Waals surface area contributed by atoms with Gasteiger partial charge in [0.25, 0.3) is 0 Å². The topological polar surface area (TPSA) is 37.5 Å². The van der Waals surface area contributed by atoms with Gasteiger partial charge in [-0.15, -0.1) is 11.3 Å². The fraction of sp³-hybridized carbons (Fsp3) is 0.0625. The third-order valence-corrected chi connectivity index (χ3v) is 12.0. The number of aliphatic imine (C=N–C) groups is 1. The summed E-state index contributed by atoms with van der Waals surface area (Å²) in [5.41, 5.74) is 13.8. The van der Waals surface area contributed by atoms with Crippen LogP contribution in [0.25, 0.3) is 71.1 Å². The first-order valence-corrected chi connectivity index (χ1v) is 18.8. The number of hydrogen-bond donors (Lipinski definition) is 1. The molecule has 3 heterocycles. The normalized spacial score (nSPS) is 15.2. The Bertz CT molecular complexity index is 2930. The Balaban J connectivity index is 1.08. The molecule has 3 nitrogen and oxygen atoms in total. The largest absolute Gasteiger partial charge is 0.455 e. The highest BCUT2D eigenvalue weighted by Crippen LogP contribution is 2.46. The zero-order valence-electron chi connectivity index (χ0n) is 28.3. The van der Waals surface area contributed by atoms with Crippen LogP contribution in [0, 0.1) is 0 Å². The quantitative estimate of drug-likeness (QED) is 0.200. The lowest BCUT2D eigenvalue weighted by Gasteiger charge is -2.25. The van der Waals surface area contributed by atoms with Crippen molar-refractivity contribution in [3.63, 3.8) is 0 Å². The first-order valence-electron chi connectivity index (χ1n) is 17.9. The molecule has 0 saturated carbocycles. The number of nitrogens with zero attached hydrogens (tertiary/aromatic N) is 1. The van der Waals surface area contributed by atoms with Gasteiger partial charge in [-0.1, -0.05) is 133 Å². The maximum absolute atomic E-state index is 6.61. The van der Waals surface area contributed by atoms with E-state index in [0.717, 1.165) is 68.1 Å². The van der Waals surface area contributed by atoms with E-state index in [9.17, 15) is 0 Å². The number of hydrogen-bond acceptors (Lipinski definition) is 4. The molecule has 0 saturated heterocycles. The van der Waals surface area contributed by atoms with Gasteiger partial charge >= 0.3 is 0 Å². The van der Waals surface area contributed by atoms with Crippen LogP contribution in [-0.4, -0.2) is 5.71 Å². The molecule has 1 atom stereocenters. The van der Waals surface area contributed by atoms with Crippen molar-refractivity contribution in [3.8, 4) is 22.3 Å². The smallest absolute Gasteiger partial charge is 0.146 e. The van der Waals surface area contributed by atoms with Crippen LogP contribution >= 0.6 is 11.3 Å². The van der Waals surface area contributed by atoms with E-state index in [2.05, 4.69) is 163 Å². The SMILES string of the molecule is C1=Cc2ccc(-c3ccc(C4=NC(c5cc6c7cc(-c8ccccc8)ccc7oc6c6ccccc56)Nc5c4sc4ccccc54)cc3)cc2CC1. The van der Waals surface area contributed by atoms with Gasteiger partial charge in [-0.3, -0.25) is 4.99 Å². The molecule has 0 bridgehead atoms. The molecule has 0 amide bonds. The minimum atomic E-state index is -0.301. The molecule has 2 aliphatic rings. The molecule has 2 aromatic heterocycles. The molecule has 0 spiro atoms. The number of thiophene rings is 1. The van der Waals surface area contributed by atoms with Crippen LogP contribution in [0.3, 0.4) is 0 Å². The predicted molar refractivity (Wildman–Crippen MR) is 220 cm³/mol. The molecule has 52 heavy (non-hydrogen) atoms. The Morgan fingerprint density at radius 2 is 1.31 bits per heavy atom. The minimum Gasteiger partial charge on any atom is -0.455 e. The summed E-state index contributed by atoms with van der Waals surface area (Å²) in [7, 11) is 0. The van der Waals surface area contributed by atoms with Crippen molar-refractivity contribution in [2.24, 2.45) is 4.99 Å². The highest BCUT2D eigenvalue weighted by atomic mass is 32.1. The second-order valence-electron chi connectivity index (χ2n) is 13.8. The first kappa shape index (κ1) is 29.5. The van der Waals surface area contributed by atoms with Gasteiger partial charge in [-0.05, 0) is 75.9 Å². The van der Waals surface area contributed by atoms with Gasteiger partial charge in [0, 0.05) is 37.4 Å². The Kier molecular flexibility index (Phi) is 6.61. The average molecular weight is 685 g/mol. The summed E-state index contributed by atoms with van der Waals surface area (Å²) in [6, 6.07) is 52.5. The second kappa shape index (κ2) is 11.7.